The van der Waals surface area contributed by atoms with Crippen LogP contribution in [0.15, 0.2) is 36.5 Å². The lowest BCUT2D eigenvalue weighted by atomic mass is 10.0. The van der Waals surface area contributed by atoms with Crippen LogP contribution in [0, 0.1) is 11.3 Å². The molecule has 7 nitrogen and oxygen atoms in total. The molecule has 0 saturated carbocycles. The number of phenolic OH excluding ortho intramolecular Hbond substituents is 1. The molecule has 1 atom stereocenters. The van der Waals surface area contributed by atoms with Gasteiger partial charge >= 0.3 is 0 Å². The molecule has 130 valence electrons. The fourth-order valence-corrected chi connectivity index (χ4v) is 3.25. The molecule has 3 heterocycles. The number of aromatic hydroxyl groups is 1. The van der Waals surface area contributed by atoms with E-state index in [2.05, 4.69) is 25.8 Å². The van der Waals surface area contributed by atoms with Gasteiger partial charge in [0.15, 0.2) is 5.82 Å². The van der Waals surface area contributed by atoms with Gasteiger partial charge in [0, 0.05) is 29.7 Å². The number of fused-ring (bicyclic) bond motifs is 1. The van der Waals surface area contributed by atoms with Crippen LogP contribution >= 0.6 is 0 Å². The van der Waals surface area contributed by atoms with E-state index in [9.17, 15) is 5.11 Å². The van der Waals surface area contributed by atoms with Crippen LogP contribution < -0.4 is 10.6 Å². The van der Waals surface area contributed by atoms with Gasteiger partial charge in [0.25, 0.3) is 0 Å². The fourth-order valence-electron chi connectivity index (χ4n) is 3.25. The molecule has 1 aliphatic heterocycles. The van der Waals surface area contributed by atoms with Gasteiger partial charge in [-0.15, -0.1) is 10.2 Å². The maximum absolute atomic E-state index is 10.3. The number of pyridine rings is 1. The summed E-state index contributed by atoms with van der Waals surface area (Å²) in [5.41, 5.74) is 2.18. The molecule has 0 bridgehead atoms. The smallest absolute Gasteiger partial charge is 0.175 e. The van der Waals surface area contributed by atoms with Crippen LogP contribution in [0.2, 0.25) is 0 Å². The zero-order chi connectivity index (χ0) is 17.9. The number of rotatable bonds is 3. The predicted molar refractivity (Wildman–Crippen MR) is 98.7 cm³/mol. The van der Waals surface area contributed by atoms with Gasteiger partial charge in [0.05, 0.1) is 11.6 Å². The molecule has 0 unspecified atom stereocenters. The SMILES string of the molecule is N#Cc1ccc(-c2nnc(N[C@@H]3CCCNC3)c3ncccc23)c(O)c1. The van der Waals surface area contributed by atoms with Crippen molar-refractivity contribution < 1.29 is 5.11 Å². The summed E-state index contributed by atoms with van der Waals surface area (Å²) in [5.74, 6) is 0.645. The molecule has 1 saturated heterocycles. The second kappa shape index (κ2) is 6.94. The number of nitriles is 1. The maximum Gasteiger partial charge on any atom is 0.175 e. The molecular formula is C19H18N6O. The summed E-state index contributed by atoms with van der Waals surface area (Å²) in [4.78, 5) is 4.48. The fraction of sp³-hybridized carbons (Fsp3) is 0.263. The van der Waals surface area contributed by atoms with Crippen LogP contribution in [0.4, 0.5) is 5.82 Å². The van der Waals surface area contributed by atoms with Gasteiger partial charge in [-0.2, -0.15) is 5.26 Å². The van der Waals surface area contributed by atoms with Crippen molar-refractivity contribution >= 4 is 16.7 Å². The van der Waals surface area contributed by atoms with Crippen molar-refractivity contribution in [1.82, 2.24) is 20.5 Å². The first kappa shape index (κ1) is 16.2. The molecule has 7 heteroatoms. The minimum atomic E-state index is 0.000641. The maximum atomic E-state index is 10.3. The Hall–Kier alpha value is -3.24. The highest BCUT2D eigenvalue weighted by molar-refractivity contribution is 5.98. The molecule has 1 aromatic carbocycles. The minimum absolute atomic E-state index is 0.000641. The Morgan fingerprint density at radius 2 is 2.19 bits per heavy atom. The number of hydrogen-bond donors (Lipinski definition) is 3. The highest BCUT2D eigenvalue weighted by Crippen LogP contribution is 2.34. The number of phenols is 1. The van der Waals surface area contributed by atoms with Gasteiger partial charge in [0.1, 0.15) is 17.0 Å². The van der Waals surface area contributed by atoms with E-state index in [0.29, 0.717) is 28.2 Å². The number of nitrogens with one attached hydrogen (secondary N) is 2. The average molecular weight is 346 g/mol. The standard InChI is InChI=1S/C19H18N6O/c20-10-12-5-6-14(16(26)9-12)17-15-4-2-8-22-18(15)19(25-24-17)23-13-3-1-7-21-11-13/h2,4-6,8-9,13,21,26H,1,3,7,11H2,(H,23,25)/t13-/m1/s1. The lowest BCUT2D eigenvalue weighted by Crippen LogP contribution is -2.38. The number of anilines is 1. The van der Waals surface area contributed by atoms with Crippen molar-refractivity contribution in [3.8, 4) is 23.1 Å². The van der Waals surface area contributed by atoms with Gasteiger partial charge in [-0.3, -0.25) is 4.98 Å². The first-order valence-electron chi connectivity index (χ1n) is 8.58. The molecule has 0 spiro atoms. The van der Waals surface area contributed by atoms with Crippen molar-refractivity contribution in [1.29, 1.82) is 5.26 Å². The Bertz CT molecular complexity index is 991. The van der Waals surface area contributed by atoms with Gasteiger partial charge in [0.2, 0.25) is 0 Å². The minimum Gasteiger partial charge on any atom is -0.507 e. The Morgan fingerprint density at radius 3 is 2.96 bits per heavy atom. The largest absolute Gasteiger partial charge is 0.507 e. The third-order valence-corrected chi connectivity index (χ3v) is 4.56. The summed E-state index contributed by atoms with van der Waals surface area (Å²) < 4.78 is 0. The summed E-state index contributed by atoms with van der Waals surface area (Å²) in [6, 6.07) is 10.8. The van der Waals surface area contributed by atoms with Gasteiger partial charge in [-0.25, -0.2) is 0 Å². The second-order valence-corrected chi connectivity index (χ2v) is 6.33. The second-order valence-electron chi connectivity index (χ2n) is 6.33. The van der Waals surface area contributed by atoms with Crippen molar-refractivity contribution in [2.24, 2.45) is 0 Å². The van der Waals surface area contributed by atoms with Crippen molar-refractivity contribution in [3.63, 3.8) is 0 Å². The number of aromatic nitrogens is 3. The Kier molecular flexibility index (Phi) is 4.33. The van der Waals surface area contributed by atoms with E-state index >= 15 is 0 Å². The average Bonchev–Trinajstić information content (AvgIpc) is 2.69. The van der Waals surface area contributed by atoms with E-state index in [1.807, 2.05) is 18.2 Å². The molecule has 0 aliphatic carbocycles. The number of benzene rings is 1. The zero-order valence-electron chi connectivity index (χ0n) is 14.1. The summed E-state index contributed by atoms with van der Waals surface area (Å²) in [6.07, 6.45) is 3.91. The summed E-state index contributed by atoms with van der Waals surface area (Å²) in [7, 11) is 0. The zero-order valence-corrected chi connectivity index (χ0v) is 14.1. The van der Waals surface area contributed by atoms with E-state index in [1.165, 1.54) is 6.07 Å². The highest BCUT2D eigenvalue weighted by Gasteiger charge is 2.18. The summed E-state index contributed by atoms with van der Waals surface area (Å²) >= 11 is 0. The van der Waals surface area contributed by atoms with Crippen molar-refractivity contribution in [3.05, 3.63) is 42.1 Å². The van der Waals surface area contributed by atoms with Crippen LogP contribution in [-0.4, -0.2) is 39.4 Å². The van der Waals surface area contributed by atoms with Gasteiger partial charge < -0.3 is 15.7 Å². The predicted octanol–water partition coefficient (Wildman–Crippen LogP) is 2.43. The lowest BCUT2D eigenvalue weighted by molar-refractivity contribution is 0.476. The molecule has 3 N–H and O–H groups in total. The third kappa shape index (κ3) is 3.03. The summed E-state index contributed by atoms with van der Waals surface area (Å²) in [6.45, 7) is 1.92. The molecular weight excluding hydrogens is 328 g/mol. The Morgan fingerprint density at radius 1 is 1.27 bits per heavy atom. The molecule has 2 aromatic heterocycles. The monoisotopic (exact) mass is 346 g/mol. The first-order valence-corrected chi connectivity index (χ1v) is 8.58. The van der Waals surface area contributed by atoms with Crippen molar-refractivity contribution in [2.45, 2.75) is 18.9 Å². The molecule has 0 amide bonds. The highest BCUT2D eigenvalue weighted by atomic mass is 16.3. The normalized spacial score (nSPS) is 17.0. The third-order valence-electron chi connectivity index (χ3n) is 4.56. The molecule has 3 aromatic rings. The number of nitrogens with zero attached hydrogens (tertiary/aromatic N) is 4. The Labute approximate surface area is 150 Å². The summed E-state index contributed by atoms with van der Waals surface area (Å²) in [5, 5.41) is 35.6. The van der Waals surface area contributed by atoms with Crippen LogP contribution in [0.25, 0.3) is 22.2 Å². The van der Waals surface area contributed by atoms with Crippen LogP contribution in [0.3, 0.4) is 0 Å². The van der Waals surface area contributed by atoms with Gasteiger partial charge in [-0.05, 0) is 49.7 Å². The van der Waals surface area contributed by atoms with E-state index in [0.717, 1.165) is 31.3 Å². The molecule has 1 fully saturated rings. The number of hydrogen-bond acceptors (Lipinski definition) is 7. The van der Waals surface area contributed by atoms with E-state index < -0.39 is 0 Å². The first-order chi connectivity index (χ1) is 12.8. The van der Waals surface area contributed by atoms with Gasteiger partial charge in [-0.1, -0.05) is 0 Å². The molecule has 0 radical (unpaired) electrons. The van der Waals surface area contributed by atoms with Crippen LogP contribution in [0.1, 0.15) is 18.4 Å². The van der Waals surface area contributed by atoms with E-state index in [4.69, 9.17) is 5.26 Å². The van der Waals surface area contributed by atoms with Crippen LogP contribution in [-0.2, 0) is 0 Å². The lowest BCUT2D eigenvalue weighted by Gasteiger charge is -2.24. The molecule has 4 rings (SSSR count). The van der Waals surface area contributed by atoms with Crippen LogP contribution in [0.5, 0.6) is 5.75 Å². The van der Waals surface area contributed by atoms with Crippen molar-refractivity contribution in [2.75, 3.05) is 18.4 Å². The molecule has 26 heavy (non-hydrogen) atoms. The van der Waals surface area contributed by atoms with E-state index in [1.54, 1.807) is 18.3 Å². The quantitative estimate of drug-likeness (QED) is 0.668. The van der Waals surface area contributed by atoms with E-state index in [-0.39, 0.29) is 11.8 Å². The number of piperidine rings is 1. The molecule has 1 aliphatic rings. The topological polar surface area (TPSA) is 107 Å². The Balaban J connectivity index is 1.78.